The van der Waals surface area contributed by atoms with E-state index in [1.807, 2.05) is 4.90 Å². The zero-order valence-corrected chi connectivity index (χ0v) is 17.3. The van der Waals surface area contributed by atoms with Crippen molar-refractivity contribution >= 4 is 17.6 Å². The van der Waals surface area contributed by atoms with Crippen LogP contribution < -0.4 is 15.0 Å². The van der Waals surface area contributed by atoms with Crippen molar-refractivity contribution in [2.24, 2.45) is 0 Å². The molecule has 2 aliphatic heterocycles. The van der Waals surface area contributed by atoms with Crippen molar-refractivity contribution in [2.75, 3.05) is 24.7 Å². The molecule has 0 unspecified atom stereocenters. The molecule has 1 atom stereocenters. The molecule has 8 nitrogen and oxygen atoms in total. The summed E-state index contributed by atoms with van der Waals surface area (Å²) in [6, 6.07) is 4.95. The predicted octanol–water partition coefficient (Wildman–Crippen LogP) is 3.62. The second kappa shape index (κ2) is 8.70. The zero-order chi connectivity index (χ0) is 22.1. The molecule has 1 N–H and O–H groups in total. The van der Waals surface area contributed by atoms with Gasteiger partial charge in [0.1, 0.15) is 17.5 Å². The van der Waals surface area contributed by atoms with E-state index in [2.05, 4.69) is 15.4 Å². The first-order valence-electron chi connectivity index (χ1n) is 10.7. The minimum Gasteiger partial charge on any atom is -0.405 e. The molecule has 0 aliphatic carbocycles. The maximum atomic E-state index is 14.4. The van der Waals surface area contributed by atoms with Crippen molar-refractivity contribution in [3.63, 3.8) is 0 Å². The zero-order valence-electron chi connectivity index (χ0n) is 17.3. The van der Waals surface area contributed by atoms with E-state index in [4.69, 9.17) is 9.47 Å². The number of nitrogens with one attached hydrogen (secondary N) is 1. The first-order valence-corrected chi connectivity index (χ1v) is 10.7. The number of rotatable bonds is 4. The Bertz CT molecular complexity index is 1130. The number of amides is 1. The summed E-state index contributed by atoms with van der Waals surface area (Å²) in [5.74, 6) is -0.107. The Morgan fingerprint density at radius 3 is 2.88 bits per heavy atom. The highest BCUT2D eigenvalue weighted by atomic mass is 19.1. The summed E-state index contributed by atoms with van der Waals surface area (Å²) < 4.78 is 40.5. The molecular formula is C22H23F2N5O3. The van der Waals surface area contributed by atoms with E-state index in [0.29, 0.717) is 43.2 Å². The van der Waals surface area contributed by atoms with Gasteiger partial charge in [-0.25, -0.2) is 23.1 Å². The number of fused-ring (bicyclic) bond motifs is 1. The highest BCUT2D eigenvalue weighted by Crippen LogP contribution is 2.37. The van der Waals surface area contributed by atoms with Gasteiger partial charge in [-0.05, 0) is 49.9 Å². The van der Waals surface area contributed by atoms with Gasteiger partial charge >= 0.3 is 6.09 Å². The van der Waals surface area contributed by atoms with Crippen molar-refractivity contribution in [1.82, 2.24) is 19.9 Å². The normalized spacial score (nSPS) is 19.4. The fourth-order valence-electron chi connectivity index (χ4n) is 4.34. The van der Waals surface area contributed by atoms with Crippen LogP contribution in [0, 0.1) is 11.6 Å². The molecule has 0 bridgehead atoms. The predicted molar refractivity (Wildman–Crippen MR) is 112 cm³/mol. The van der Waals surface area contributed by atoms with Gasteiger partial charge in [-0.3, -0.25) is 0 Å². The van der Waals surface area contributed by atoms with Crippen LogP contribution in [0.5, 0.6) is 5.75 Å². The molecule has 32 heavy (non-hydrogen) atoms. The summed E-state index contributed by atoms with van der Waals surface area (Å²) in [4.78, 5) is 18.9. The van der Waals surface area contributed by atoms with Gasteiger partial charge in [-0.2, -0.15) is 5.10 Å². The smallest absolute Gasteiger partial charge is 0.405 e. The number of hydrogen-bond acceptors (Lipinski definition) is 6. The van der Waals surface area contributed by atoms with Gasteiger partial charge in [0.25, 0.3) is 0 Å². The first kappa shape index (κ1) is 20.6. The van der Waals surface area contributed by atoms with Crippen molar-refractivity contribution in [3.05, 3.63) is 53.9 Å². The Kier molecular flexibility index (Phi) is 5.60. The van der Waals surface area contributed by atoms with Gasteiger partial charge in [0.15, 0.2) is 5.75 Å². The summed E-state index contributed by atoms with van der Waals surface area (Å²) >= 11 is 0. The third-order valence-corrected chi connectivity index (χ3v) is 5.93. The largest absolute Gasteiger partial charge is 0.413 e. The number of anilines is 1. The Labute approximate surface area is 183 Å². The highest BCUT2D eigenvalue weighted by molar-refractivity contribution is 5.73. The lowest BCUT2D eigenvalue weighted by Gasteiger charge is -2.26. The molecule has 0 spiro atoms. The maximum absolute atomic E-state index is 14.4. The lowest BCUT2D eigenvalue weighted by Crippen LogP contribution is -2.40. The van der Waals surface area contributed by atoms with Gasteiger partial charge in [0.05, 0.1) is 12.2 Å². The van der Waals surface area contributed by atoms with Crippen molar-refractivity contribution in [2.45, 2.75) is 37.8 Å². The maximum Gasteiger partial charge on any atom is 0.413 e. The topological polar surface area (TPSA) is 81.0 Å². The number of carbonyl (C=O) groups excluding carboxylic acids is 1. The van der Waals surface area contributed by atoms with Crippen molar-refractivity contribution < 1.29 is 23.0 Å². The fourth-order valence-corrected chi connectivity index (χ4v) is 4.34. The monoisotopic (exact) mass is 443 g/mol. The fraction of sp³-hybridized carbons (Fsp3) is 0.409. The Morgan fingerprint density at radius 2 is 2.03 bits per heavy atom. The van der Waals surface area contributed by atoms with Crippen molar-refractivity contribution in [1.29, 1.82) is 0 Å². The quantitative estimate of drug-likeness (QED) is 0.664. The standard InChI is InChI=1S/C22H23F2N5O3/c23-14-3-4-17(24)16(12-14)18-2-1-8-28(18)20-5-9-29-21(27-20)19(13-25-29)32-22(30)26-15-6-10-31-11-7-15/h3-5,9,12-13,15,18H,1-2,6-8,10-11H2,(H,26,30)/t18-/m1/s1. The van der Waals surface area contributed by atoms with Crippen LogP contribution in [0.2, 0.25) is 0 Å². The molecule has 2 fully saturated rings. The molecule has 4 heterocycles. The molecular weight excluding hydrogens is 420 g/mol. The van der Waals surface area contributed by atoms with Crippen LogP contribution in [-0.4, -0.2) is 46.5 Å². The molecule has 0 radical (unpaired) electrons. The number of benzene rings is 1. The average Bonchev–Trinajstić information content (AvgIpc) is 3.43. The van der Waals surface area contributed by atoms with Crippen LogP contribution in [0.1, 0.15) is 37.3 Å². The highest BCUT2D eigenvalue weighted by Gasteiger charge is 2.30. The lowest BCUT2D eigenvalue weighted by molar-refractivity contribution is 0.0778. The second-order valence-corrected chi connectivity index (χ2v) is 8.00. The number of hydrogen-bond donors (Lipinski definition) is 1. The van der Waals surface area contributed by atoms with E-state index in [0.717, 1.165) is 31.4 Å². The van der Waals surface area contributed by atoms with Crippen molar-refractivity contribution in [3.8, 4) is 5.75 Å². The number of halogens is 2. The van der Waals surface area contributed by atoms with E-state index in [-0.39, 0.29) is 17.8 Å². The van der Waals surface area contributed by atoms with Gasteiger partial charge in [-0.1, -0.05) is 0 Å². The Balaban J connectivity index is 1.38. The summed E-state index contributed by atoms with van der Waals surface area (Å²) in [6.07, 6.45) is 5.55. The summed E-state index contributed by atoms with van der Waals surface area (Å²) in [5.41, 5.74) is 0.681. The summed E-state index contributed by atoms with van der Waals surface area (Å²) in [6.45, 7) is 1.86. The van der Waals surface area contributed by atoms with E-state index in [1.54, 1.807) is 12.3 Å². The molecule has 0 saturated carbocycles. The van der Waals surface area contributed by atoms with E-state index in [1.165, 1.54) is 16.8 Å². The van der Waals surface area contributed by atoms with E-state index >= 15 is 0 Å². The summed E-state index contributed by atoms with van der Waals surface area (Å²) in [5, 5.41) is 7.03. The molecule has 3 aromatic rings. The Hall–Kier alpha value is -3.27. The van der Waals surface area contributed by atoms with E-state index < -0.39 is 17.7 Å². The van der Waals surface area contributed by atoms with E-state index in [9.17, 15) is 13.6 Å². The number of ether oxygens (including phenoxy) is 2. The Morgan fingerprint density at radius 1 is 1.19 bits per heavy atom. The number of nitrogens with zero attached hydrogens (tertiary/aromatic N) is 4. The SMILES string of the molecule is O=C(NC1CCOCC1)Oc1cnn2ccc(N3CCC[C@@H]3c3cc(F)ccc3F)nc12. The molecule has 2 aromatic heterocycles. The van der Waals surface area contributed by atoms with Gasteiger partial charge in [-0.15, -0.1) is 0 Å². The second-order valence-electron chi connectivity index (χ2n) is 8.00. The molecule has 1 amide bonds. The lowest BCUT2D eigenvalue weighted by atomic mass is 10.0. The first-order chi connectivity index (χ1) is 15.6. The molecule has 2 saturated heterocycles. The van der Waals surface area contributed by atoms with Crippen LogP contribution >= 0.6 is 0 Å². The average molecular weight is 443 g/mol. The molecule has 5 rings (SSSR count). The molecule has 1 aromatic carbocycles. The van der Waals surface area contributed by atoms with Gasteiger partial charge in [0.2, 0.25) is 5.65 Å². The third kappa shape index (κ3) is 4.10. The summed E-state index contributed by atoms with van der Waals surface area (Å²) in [7, 11) is 0. The van der Waals surface area contributed by atoms with Gasteiger partial charge in [0, 0.05) is 37.6 Å². The van der Waals surface area contributed by atoms with Crippen LogP contribution in [0.3, 0.4) is 0 Å². The minimum atomic E-state index is -0.570. The minimum absolute atomic E-state index is 0.00753. The molecule has 2 aliphatic rings. The van der Waals surface area contributed by atoms with Crippen LogP contribution in [0.15, 0.2) is 36.7 Å². The molecule has 10 heteroatoms. The van der Waals surface area contributed by atoms with Crippen LogP contribution in [0.25, 0.3) is 5.65 Å². The van der Waals surface area contributed by atoms with Crippen LogP contribution in [0.4, 0.5) is 19.4 Å². The van der Waals surface area contributed by atoms with Crippen LogP contribution in [-0.2, 0) is 4.74 Å². The number of carbonyl (C=O) groups is 1. The number of aromatic nitrogens is 3. The molecule has 168 valence electrons. The third-order valence-electron chi connectivity index (χ3n) is 5.93. The van der Waals surface area contributed by atoms with Gasteiger partial charge < -0.3 is 19.7 Å².